The van der Waals surface area contributed by atoms with Crippen LogP contribution in [0.4, 0.5) is 10.5 Å². The standard InChI is InChI=1S/C21H17N5OS/c27-21(22-12-19-24-20(26-25-19)18-6-3-9-28-18)23-15-7-8-17-14(11-15)10-13-4-1-2-5-16(13)17/h1-9,11H,10,12H2,(H2,22,23,27)(H,24,25,26). The van der Waals surface area contributed by atoms with E-state index in [1.165, 1.54) is 22.3 Å². The first-order chi connectivity index (χ1) is 13.8. The number of fused-ring (bicyclic) bond motifs is 3. The average molecular weight is 387 g/mol. The Morgan fingerprint density at radius 1 is 1.07 bits per heavy atom. The molecule has 0 saturated heterocycles. The molecule has 6 nitrogen and oxygen atoms in total. The van der Waals surface area contributed by atoms with Crippen molar-refractivity contribution in [1.82, 2.24) is 20.5 Å². The number of nitrogens with zero attached hydrogens (tertiary/aromatic N) is 2. The predicted molar refractivity (Wildman–Crippen MR) is 110 cm³/mol. The monoisotopic (exact) mass is 387 g/mol. The molecule has 0 atom stereocenters. The molecule has 1 aliphatic rings. The lowest BCUT2D eigenvalue weighted by molar-refractivity contribution is 0.251. The van der Waals surface area contributed by atoms with E-state index in [2.05, 4.69) is 56.1 Å². The Hall–Kier alpha value is -3.45. The molecule has 0 spiro atoms. The number of nitrogens with one attached hydrogen (secondary N) is 3. The number of rotatable bonds is 4. The number of H-pyrrole nitrogens is 1. The molecule has 0 fully saturated rings. The number of hydrogen-bond acceptors (Lipinski definition) is 4. The van der Waals surface area contributed by atoms with Crippen molar-refractivity contribution in [2.75, 3.05) is 5.32 Å². The van der Waals surface area contributed by atoms with Crippen LogP contribution in [0.15, 0.2) is 60.0 Å². The molecule has 5 rings (SSSR count). The Kier molecular flexibility index (Phi) is 4.14. The van der Waals surface area contributed by atoms with E-state index >= 15 is 0 Å². The lowest BCUT2D eigenvalue weighted by atomic mass is 10.1. The summed E-state index contributed by atoms with van der Waals surface area (Å²) < 4.78 is 0. The molecular formula is C21H17N5OS. The first kappa shape index (κ1) is 16.7. The fraction of sp³-hybridized carbons (Fsp3) is 0.0952. The smallest absolute Gasteiger partial charge is 0.319 e. The maximum atomic E-state index is 12.3. The van der Waals surface area contributed by atoms with Gasteiger partial charge in [-0.05, 0) is 52.3 Å². The van der Waals surface area contributed by atoms with Crippen LogP contribution in [0.1, 0.15) is 17.0 Å². The van der Waals surface area contributed by atoms with Gasteiger partial charge in [0.1, 0.15) is 5.82 Å². The largest absolute Gasteiger partial charge is 0.331 e. The number of anilines is 1. The summed E-state index contributed by atoms with van der Waals surface area (Å²) in [5.74, 6) is 1.26. The lowest BCUT2D eigenvalue weighted by Crippen LogP contribution is -2.28. The van der Waals surface area contributed by atoms with E-state index in [-0.39, 0.29) is 12.6 Å². The zero-order chi connectivity index (χ0) is 18.9. The van der Waals surface area contributed by atoms with Crippen molar-refractivity contribution in [3.05, 3.63) is 76.9 Å². The van der Waals surface area contributed by atoms with Crippen molar-refractivity contribution in [2.45, 2.75) is 13.0 Å². The molecule has 0 aliphatic heterocycles. The fourth-order valence-corrected chi connectivity index (χ4v) is 4.11. The van der Waals surface area contributed by atoms with Crippen molar-refractivity contribution in [3.8, 4) is 21.8 Å². The second-order valence-electron chi connectivity index (χ2n) is 6.60. The highest BCUT2D eigenvalue weighted by atomic mass is 32.1. The SMILES string of the molecule is O=C(NCc1nc(-c2cccs2)n[nH]1)Nc1ccc2c(c1)Cc1ccccc1-2. The number of carbonyl (C=O) groups excluding carboxylic acids is 1. The zero-order valence-corrected chi connectivity index (χ0v) is 15.7. The summed E-state index contributed by atoms with van der Waals surface area (Å²) in [7, 11) is 0. The Morgan fingerprint density at radius 3 is 2.86 bits per heavy atom. The molecule has 28 heavy (non-hydrogen) atoms. The van der Waals surface area contributed by atoms with Crippen LogP contribution in [0.25, 0.3) is 21.8 Å². The minimum absolute atomic E-state index is 0.274. The number of aromatic nitrogens is 3. The number of benzene rings is 2. The first-order valence-electron chi connectivity index (χ1n) is 8.97. The van der Waals surface area contributed by atoms with E-state index in [0.717, 1.165) is 17.0 Å². The van der Waals surface area contributed by atoms with Crippen LogP contribution in [-0.2, 0) is 13.0 Å². The summed E-state index contributed by atoms with van der Waals surface area (Å²) in [6.07, 6.45) is 0.895. The molecule has 138 valence electrons. The van der Waals surface area contributed by atoms with E-state index in [4.69, 9.17) is 0 Å². The van der Waals surface area contributed by atoms with Crippen LogP contribution in [0, 0.1) is 0 Å². The number of carbonyl (C=O) groups is 1. The average Bonchev–Trinajstić information content (AvgIpc) is 3.44. The number of aromatic amines is 1. The van der Waals surface area contributed by atoms with Gasteiger partial charge in [-0.1, -0.05) is 36.4 Å². The Labute approximate surface area is 165 Å². The fourth-order valence-electron chi connectivity index (χ4n) is 3.45. The van der Waals surface area contributed by atoms with Crippen LogP contribution in [0.5, 0.6) is 0 Å². The third-order valence-corrected chi connectivity index (χ3v) is 5.61. The summed E-state index contributed by atoms with van der Waals surface area (Å²) in [5, 5.41) is 14.7. The van der Waals surface area contributed by atoms with Crippen molar-refractivity contribution >= 4 is 23.1 Å². The Bertz CT molecular complexity index is 1150. The van der Waals surface area contributed by atoms with Gasteiger partial charge in [0.25, 0.3) is 0 Å². The summed E-state index contributed by atoms with van der Waals surface area (Å²) >= 11 is 1.58. The van der Waals surface area contributed by atoms with Gasteiger partial charge in [-0.25, -0.2) is 9.78 Å². The molecule has 0 unspecified atom stereocenters. The van der Waals surface area contributed by atoms with Crippen molar-refractivity contribution in [3.63, 3.8) is 0 Å². The van der Waals surface area contributed by atoms with Gasteiger partial charge in [-0.15, -0.1) is 11.3 Å². The molecule has 2 aromatic heterocycles. The number of amides is 2. The van der Waals surface area contributed by atoms with Crippen molar-refractivity contribution < 1.29 is 4.79 Å². The van der Waals surface area contributed by atoms with Gasteiger partial charge in [-0.2, -0.15) is 5.10 Å². The molecule has 4 aromatic rings. The molecule has 0 saturated carbocycles. The normalized spacial score (nSPS) is 11.7. The van der Waals surface area contributed by atoms with Gasteiger partial charge >= 0.3 is 6.03 Å². The van der Waals surface area contributed by atoms with Crippen LogP contribution < -0.4 is 10.6 Å². The highest BCUT2D eigenvalue weighted by Crippen LogP contribution is 2.37. The predicted octanol–water partition coefficient (Wildman–Crippen LogP) is 4.43. The van der Waals surface area contributed by atoms with Gasteiger partial charge in [0.2, 0.25) is 0 Å². The molecule has 7 heteroatoms. The maximum Gasteiger partial charge on any atom is 0.319 e. The third-order valence-electron chi connectivity index (χ3n) is 4.74. The van der Waals surface area contributed by atoms with Crippen LogP contribution in [0.2, 0.25) is 0 Å². The third kappa shape index (κ3) is 3.16. The second kappa shape index (κ2) is 6.94. The van der Waals surface area contributed by atoms with E-state index < -0.39 is 0 Å². The molecular weight excluding hydrogens is 370 g/mol. The Morgan fingerprint density at radius 2 is 1.96 bits per heavy atom. The second-order valence-corrected chi connectivity index (χ2v) is 7.54. The zero-order valence-electron chi connectivity index (χ0n) is 14.9. The highest BCUT2D eigenvalue weighted by Gasteiger charge is 2.18. The number of thiophene rings is 1. The maximum absolute atomic E-state index is 12.3. The molecule has 3 N–H and O–H groups in total. The number of hydrogen-bond donors (Lipinski definition) is 3. The van der Waals surface area contributed by atoms with Crippen molar-refractivity contribution in [1.29, 1.82) is 0 Å². The molecule has 2 aromatic carbocycles. The minimum Gasteiger partial charge on any atom is -0.331 e. The quantitative estimate of drug-likeness (QED) is 0.427. The van der Waals surface area contributed by atoms with Gasteiger partial charge in [0.05, 0.1) is 11.4 Å². The summed E-state index contributed by atoms with van der Waals surface area (Å²) in [6.45, 7) is 0.278. The highest BCUT2D eigenvalue weighted by molar-refractivity contribution is 7.13. The van der Waals surface area contributed by atoms with Gasteiger partial charge in [-0.3, -0.25) is 5.10 Å². The molecule has 0 bridgehead atoms. The number of urea groups is 1. The molecule has 0 radical (unpaired) electrons. The van der Waals surface area contributed by atoms with Gasteiger partial charge in [0, 0.05) is 5.69 Å². The van der Waals surface area contributed by atoms with E-state index in [0.29, 0.717) is 11.6 Å². The van der Waals surface area contributed by atoms with Gasteiger partial charge < -0.3 is 10.6 Å². The molecule has 2 amide bonds. The Balaban J connectivity index is 1.22. The summed E-state index contributed by atoms with van der Waals surface area (Å²) in [6, 6.07) is 18.1. The minimum atomic E-state index is -0.274. The van der Waals surface area contributed by atoms with Crippen LogP contribution >= 0.6 is 11.3 Å². The van der Waals surface area contributed by atoms with Crippen LogP contribution in [-0.4, -0.2) is 21.2 Å². The lowest BCUT2D eigenvalue weighted by Gasteiger charge is -2.08. The van der Waals surface area contributed by atoms with Crippen molar-refractivity contribution in [2.24, 2.45) is 0 Å². The first-order valence-corrected chi connectivity index (χ1v) is 9.85. The summed E-state index contributed by atoms with van der Waals surface area (Å²) in [5.41, 5.74) is 5.85. The van der Waals surface area contributed by atoms with E-state index in [1.54, 1.807) is 11.3 Å². The van der Waals surface area contributed by atoms with E-state index in [9.17, 15) is 4.79 Å². The van der Waals surface area contributed by atoms with Gasteiger partial charge in [0.15, 0.2) is 5.82 Å². The molecule has 2 heterocycles. The topological polar surface area (TPSA) is 82.7 Å². The van der Waals surface area contributed by atoms with E-state index in [1.807, 2.05) is 29.6 Å². The van der Waals surface area contributed by atoms with Crippen LogP contribution in [0.3, 0.4) is 0 Å². The molecule has 1 aliphatic carbocycles. The summed E-state index contributed by atoms with van der Waals surface area (Å²) in [4.78, 5) is 17.7.